The topological polar surface area (TPSA) is 74.3 Å². The number of aromatic amines is 2. The third-order valence-corrected chi connectivity index (χ3v) is 5.90. The number of halogens is 1. The monoisotopic (exact) mass is 460 g/mol. The summed E-state index contributed by atoms with van der Waals surface area (Å²) in [4.78, 5) is 8.34. The van der Waals surface area contributed by atoms with Crippen LogP contribution in [-0.2, 0) is 6.42 Å². The average Bonchev–Trinajstić information content (AvgIpc) is 3.41. The van der Waals surface area contributed by atoms with Crippen molar-refractivity contribution in [1.29, 1.82) is 0 Å². The molecule has 0 aliphatic rings. The Morgan fingerprint density at radius 3 is 2.50 bits per heavy atom. The molecule has 3 N–H and O–H groups in total. The van der Waals surface area contributed by atoms with Crippen molar-refractivity contribution >= 4 is 40.5 Å². The summed E-state index contributed by atoms with van der Waals surface area (Å²) >= 11 is 11.6. The van der Waals surface area contributed by atoms with E-state index in [-0.39, 0.29) is 5.92 Å². The van der Waals surface area contributed by atoms with E-state index in [0.29, 0.717) is 22.8 Å². The van der Waals surface area contributed by atoms with Crippen LogP contribution >= 0.6 is 23.8 Å². The number of para-hydroxylation sites is 3. The van der Waals surface area contributed by atoms with E-state index in [4.69, 9.17) is 28.8 Å². The lowest BCUT2D eigenvalue weighted by Crippen LogP contribution is -2.18. The highest BCUT2D eigenvalue weighted by atomic mass is 35.5. The van der Waals surface area contributed by atoms with Crippen molar-refractivity contribution in [1.82, 2.24) is 24.7 Å². The number of H-pyrrole nitrogens is 2. The van der Waals surface area contributed by atoms with Crippen molar-refractivity contribution in [3.63, 3.8) is 0 Å². The smallest absolute Gasteiger partial charge is 0.199 e. The summed E-state index contributed by atoms with van der Waals surface area (Å²) in [6.07, 6.45) is 0.641. The third-order valence-electron chi connectivity index (χ3n) is 5.38. The van der Waals surface area contributed by atoms with Crippen LogP contribution in [0.4, 0.5) is 5.69 Å². The summed E-state index contributed by atoms with van der Waals surface area (Å²) in [5.74, 6) is 1.79. The van der Waals surface area contributed by atoms with Crippen LogP contribution in [0.2, 0.25) is 5.02 Å². The van der Waals surface area contributed by atoms with Crippen LogP contribution in [0.1, 0.15) is 17.6 Å². The zero-order valence-corrected chi connectivity index (χ0v) is 18.7. The number of fused-ring (bicyclic) bond motifs is 1. The Morgan fingerprint density at radius 2 is 1.72 bits per heavy atom. The summed E-state index contributed by atoms with van der Waals surface area (Å²) in [5.41, 5.74) is 3.94. The minimum Gasteiger partial charge on any atom is -0.384 e. The number of nitrogens with one attached hydrogen (secondary N) is 3. The van der Waals surface area contributed by atoms with Gasteiger partial charge in [0.1, 0.15) is 11.6 Å². The van der Waals surface area contributed by atoms with Gasteiger partial charge in [0, 0.05) is 35.3 Å². The van der Waals surface area contributed by atoms with Crippen LogP contribution in [0.5, 0.6) is 0 Å². The van der Waals surface area contributed by atoms with E-state index in [0.717, 1.165) is 34.1 Å². The van der Waals surface area contributed by atoms with E-state index in [9.17, 15) is 0 Å². The first-order chi connectivity index (χ1) is 15.7. The van der Waals surface area contributed by atoms with Crippen LogP contribution in [0.15, 0.2) is 78.9 Å². The van der Waals surface area contributed by atoms with E-state index in [2.05, 4.69) is 20.5 Å². The van der Waals surface area contributed by atoms with E-state index >= 15 is 0 Å². The summed E-state index contributed by atoms with van der Waals surface area (Å²) in [6.45, 7) is 0.663. The van der Waals surface area contributed by atoms with Crippen LogP contribution < -0.4 is 5.32 Å². The minimum atomic E-state index is 0.0331. The number of benzene rings is 3. The van der Waals surface area contributed by atoms with E-state index in [1.54, 1.807) is 0 Å². The van der Waals surface area contributed by atoms with Crippen molar-refractivity contribution in [2.75, 3.05) is 11.9 Å². The lowest BCUT2D eigenvalue weighted by atomic mass is 10.0. The molecule has 0 aliphatic heterocycles. The molecule has 0 fully saturated rings. The van der Waals surface area contributed by atoms with Gasteiger partial charge in [-0.05, 0) is 60.7 Å². The predicted molar refractivity (Wildman–Crippen MR) is 131 cm³/mol. The Labute approximate surface area is 195 Å². The van der Waals surface area contributed by atoms with E-state index < -0.39 is 0 Å². The molecule has 1 atom stereocenters. The largest absolute Gasteiger partial charge is 0.384 e. The van der Waals surface area contributed by atoms with Crippen molar-refractivity contribution < 1.29 is 0 Å². The number of rotatable bonds is 7. The second-order valence-electron chi connectivity index (χ2n) is 7.54. The molecule has 0 bridgehead atoms. The quantitative estimate of drug-likeness (QED) is 0.264. The maximum atomic E-state index is 6.03. The standard InChI is InChI=1S/C24H21ClN6S/c25-17-10-12-18(13-11-17)26-15-16(23-27-20-8-4-5-9-21(20)28-23)14-22-29-30-24(32)31(22)19-6-2-1-3-7-19/h1-13,16,26H,14-15H2,(H,27,28)(H,30,32). The first-order valence-electron chi connectivity index (χ1n) is 10.3. The lowest BCUT2D eigenvalue weighted by molar-refractivity contribution is 0.642. The third kappa shape index (κ3) is 4.30. The van der Waals surface area contributed by atoms with Gasteiger partial charge in [0.2, 0.25) is 0 Å². The van der Waals surface area contributed by atoms with Crippen LogP contribution in [-0.4, -0.2) is 31.3 Å². The van der Waals surface area contributed by atoms with Gasteiger partial charge >= 0.3 is 0 Å². The van der Waals surface area contributed by atoms with Crippen molar-refractivity contribution in [3.8, 4) is 5.69 Å². The molecule has 0 saturated heterocycles. The fraction of sp³-hybridized carbons (Fsp3) is 0.125. The van der Waals surface area contributed by atoms with E-state index in [1.807, 2.05) is 83.4 Å². The normalized spacial score (nSPS) is 12.2. The number of hydrogen-bond acceptors (Lipinski definition) is 4. The second kappa shape index (κ2) is 8.98. The Morgan fingerprint density at radius 1 is 0.969 bits per heavy atom. The molecule has 8 heteroatoms. The molecule has 5 rings (SSSR count). The number of nitrogens with zero attached hydrogens (tertiary/aromatic N) is 3. The summed E-state index contributed by atoms with van der Waals surface area (Å²) < 4.78 is 2.55. The highest BCUT2D eigenvalue weighted by Crippen LogP contribution is 2.24. The zero-order valence-electron chi connectivity index (χ0n) is 17.1. The number of anilines is 1. The molecule has 2 heterocycles. The Kier molecular flexibility index (Phi) is 5.75. The number of hydrogen-bond donors (Lipinski definition) is 3. The molecule has 0 amide bonds. The molecule has 6 nitrogen and oxygen atoms in total. The first kappa shape index (κ1) is 20.5. The maximum Gasteiger partial charge on any atom is 0.199 e. The Bertz CT molecular complexity index is 1350. The van der Waals surface area contributed by atoms with Crippen LogP contribution in [0.25, 0.3) is 16.7 Å². The van der Waals surface area contributed by atoms with E-state index in [1.165, 1.54) is 0 Å². The highest BCUT2D eigenvalue weighted by molar-refractivity contribution is 7.71. The SMILES string of the molecule is S=c1[nH]nc(CC(CNc2ccc(Cl)cc2)c2nc3ccccc3[nH]2)n1-c1ccccc1. The van der Waals surface area contributed by atoms with Gasteiger partial charge in [-0.1, -0.05) is 41.9 Å². The minimum absolute atomic E-state index is 0.0331. The lowest BCUT2D eigenvalue weighted by Gasteiger charge is -2.17. The number of imidazole rings is 1. The van der Waals surface area contributed by atoms with Gasteiger partial charge in [-0.15, -0.1) is 0 Å². The van der Waals surface area contributed by atoms with Gasteiger partial charge in [0.05, 0.1) is 11.0 Å². The summed E-state index contributed by atoms with van der Waals surface area (Å²) in [6, 6.07) is 25.8. The van der Waals surface area contributed by atoms with Crippen molar-refractivity contribution in [2.45, 2.75) is 12.3 Å². The van der Waals surface area contributed by atoms with Gasteiger partial charge < -0.3 is 10.3 Å². The van der Waals surface area contributed by atoms with Crippen LogP contribution in [0, 0.1) is 4.77 Å². The Hall–Kier alpha value is -3.42. The molecular formula is C24H21ClN6S. The predicted octanol–water partition coefficient (Wildman–Crippen LogP) is 5.90. The molecule has 0 saturated carbocycles. The molecule has 0 spiro atoms. The van der Waals surface area contributed by atoms with Crippen molar-refractivity contribution in [2.24, 2.45) is 0 Å². The van der Waals surface area contributed by atoms with Gasteiger partial charge in [-0.2, -0.15) is 5.10 Å². The Balaban J connectivity index is 1.49. The second-order valence-corrected chi connectivity index (χ2v) is 8.37. The average molecular weight is 461 g/mol. The maximum absolute atomic E-state index is 6.03. The van der Waals surface area contributed by atoms with Crippen LogP contribution in [0.3, 0.4) is 0 Å². The summed E-state index contributed by atoms with van der Waals surface area (Å²) in [5, 5.41) is 11.7. The summed E-state index contributed by atoms with van der Waals surface area (Å²) in [7, 11) is 0. The highest BCUT2D eigenvalue weighted by Gasteiger charge is 2.21. The fourth-order valence-corrected chi connectivity index (χ4v) is 4.15. The van der Waals surface area contributed by atoms with Crippen molar-refractivity contribution in [3.05, 3.63) is 100 Å². The first-order valence-corrected chi connectivity index (χ1v) is 11.1. The molecule has 5 aromatic rings. The zero-order chi connectivity index (χ0) is 21.9. The molecule has 1 unspecified atom stereocenters. The molecule has 0 aliphatic carbocycles. The molecule has 2 aromatic heterocycles. The van der Waals surface area contributed by atoms with Gasteiger partial charge in [0.15, 0.2) is 4.77 Å². The van der Waals surface area contributed by atoms with Gasteiger partial charge in [0.25, 0.3) is 0 Å². The molecule has 3 aromatic carbocycles. The number of aromatic nitrogens is 5. The van der Waals surface area contributed by atoms with Gasteiger partial charge in [-0.25, -0.2) is 4.98 Å². The van der Waals surface area contributed by atoms with Gasteiger partial charge in [-0.3, -0.25) is 9.67 Å². The molecule has 32 heavy (non-hydrogen) atoms. The molecular weight excluding hydrogens is 440 g/mol. The fourth-order valence-electron chi connectivity index (χ4n) is 3.77. The molecule has 160 valence electrons. The molecule has 0 radical (unpaired) electrons.